The van der Waals surface area contributed by atoms with Crippen LogP contribution >= 0.6 is 11.6 Å². The second-order valence-corrected chi connectivity index (χ2v) is 6.90. The molecule has 30 heavy (non-hydrogen) atoms. The second kappa shape index (κ2) is 9.98. The molecule has 3 aromatic carbocycles. The lowest BCUT2D eigenvalue weighted by Crippen LogP contribution is -2.05. The maximum atomic E-state index is 13.4. The van der Waals surface area contributed by atoms with E-state index in [9.17, 15) is 9.18 Å². The molecule has 156 valence electrons. The number of anilines is 1. The van der Waals surface area contributed by atoms with Gasteiger partial charge >= 0.3 is 5.97 Å². The molecule has 7 heteroatoms. The van der Waals surface area contributed by atoms with Crippen molar-refractivity contribution in [3.8, 4) is 11.5 Å². The van der Waals surface area contributed by atoms with Gasteiger partial charge in [0.15, 0.2) is 11.5 Å². The van der Waals surface area contributed by atoms with Crippen LogP contribution in [0.4, 0.5) is 10.1 Å². The molecule has 0 radical (unpaired) electrons. The van der Waals surface area contributed by atoms with Gasteiger partial charge in [0.25, 0.3) is 0 Å². The number of hydrogen-bond acceptors (Lipinski definition) is 4. The Balaban J connectivity index is 1.75. The van der Waals surface area contributed by atoms with Crippen molar-refractivity contribution in [1.82, 2.24) is 0 Å². The summed E-state index contributed by atoms with van der Waals surface area (Å²) in [6, 6.07) is 16.3. The van der Waals surface area contributed by atoms with Gasteiger partial charge in [-0.1, -0.05) is 29.8 Å². The third-order valence-corrected chi connectivity index (χ3v) is 4.53. The highest BCUT2D eigenvalue weighted by Crippen LogP contribution is 2.37. The number of rotatable bonds is 9. The summed E-state index contributed by atoms with van der Waals surface area (Å²) in [4.78, 5) is 11.1. The number of benzene rings is 3. The number of nitrogens with one attached hydrogen (secondary N) is 1. The monoisotopic (exact) mass is 429 g/mol. The van der Waals surface area contributed by atoms with E-state index >= 15 is 0 Å². The van der Waals surface area contributed by atoms with Crippen molar-refractivity contribution in [3.05, 3.63) is 88.2 Å². The van der Waals surface area contributed by atoms with Crippen molar-refractivity contribution in [2.45, 2.75) is 20.1 Å². The zero-order valence-corrected chi connectivity index (χ0v) is 17.1. The first kappa shape index (κ1) is 21.5. The molecule has 3 aromatic rings. The van der Waals surface area contributed by atoms with Gasteiger partial charge in [0.1, 0.15) is 12.4 Å². The summed E-state index contributed by atoms with van der Waals surface area (Å²) in [5.74, 6) is -0.447. The molecule has 0 saturated heterocycles. The SMILES string of the molecule is CCOc1cc(CNc2cccc(C(=O)O)c2)cc(Cl)c1OCc1cccc(F)c1. The first-order valence-corrected chi connectivity index (χ1v) is 9.73. The molecule has 0 aliphatic rings. The molecule has 0 aliphatic carbocycles. The van der Waals surface area contributed by atoms with E-state index in [-0.39, 0.29) is 18.0 Å². The summed E-state index contributed by atoms with van der Waals surface area (Å²) in [7, 11) is 0. The van der Waals surface area contributed by atoms with Crippen LogP contribution in [-0.4, -0.2) is 17.7 Å². The molecule has 0 bridgehead atoms. The highest BCUT2D eigenvalue weighted by Gasteiger charge is 2.13. The zero-order valence-electron chi connectivity index (χ0n) is 16.3. The second-order valence-electron chi connectivity index (χ2n) is 6.50. The van der Waals surface area contributed by atoms with Crippen LogP contribution < -0.4 is 14.8 Å². The maximum Gasteiger partial charge on any atom is 0.335 e. The van der Waals surface area contributed by atoms with Crippen molar-refractivity contribution in [2.24, 2.45) is 0 Å². The van der Waals surface area contributed by atoms with E-state index in [2.05, 4.69) is 5.32 Å². The standard InChI is InChI=1S/C23H21ClFNO4/c1-2-29-21-11-16(13-26-19-8-4-6-17(12-19)23(27)28)10-20(24)22(21)30-14-15-5-3-7-18(25)9-15/h3-12,26H,2,13-14H2,1H3,(H,27,28). The van der Waals surface area contributed by atoms with Gasteiger partial charge in [-0.3, -0.25) is 0 Å². The number of carbonyl (C=O) groups is 1. The van der Waals surface area contributed by atoms with Crippen LogP contribution in [0.15, 0.2) is 60.7 Å². The maximum absolute atomic E-state index is 13.4. The van der Waals surface area contributed by atoms with Gasteiger partial charge in [-0.05, 0) is 60.5 Å². The summed E-state index contributed by atoms with van der Waals surface area (Å²) >= 11 is 6.43. The van der Waals surface area contributed by atoms with Crippen molar-refractivity contribution in [2.75, 3.05) is 11.9 Å². The van der Waals surface area contributed by atoms with E-state index in [1.54, 1.807) is 36.4 Å². The summed E-state index contributed by atoms with van der Waals surface area (Å²) in [5, 5.41) is 12.7. The van der Waals surface area contributed by atoms with Crippen molar-refractivity contribution >= 4 is 23.3 Å². The lowest BCUT2D eigenvalue weighted by atomic mass is 10.1. The van der Waals surface area contributed by atoms with Gasteiger partial charge in [-0.25, -0.2) is 9.18 Å². The van der Waals surface area contributed by atoms with Gasteiger partial charge in [-0.15, -0.1) is 0 Å². The minimum Gasteiger partial charge on any atom is -0.490 e. The van der Waals surface area contributed by atoms with E-state index in [1.807, 2.05) is 13.0 Å². The molecule has 3 rings (SSSR count). The number of carboxylic acids is 1. The fourth-order valence-corrected chi connectivity index (χ4v) is 3.16. The van der Waals surface area contributed by atoms with Crippen molar-refractivity contribution < 1.29 is 23.8 Å². The Hall–Kier alpha value is -3.25. The largest absolute Gasteiger partial charge is 0.490 e. The van der Waals surface area contributed by atoms with E-state index in [0.29, 0.717) is 40.9 Å². The summed E-state index contributed by atoms with van der Waals surface area (Å²) in [6.45, 7) is 2.83. The molecule has 0 amide bonds. The smallest absolute Gasteiger partial charge is 0.335 e. The Morgan fingerprint density at radius 1 is 1.07 bits per heavy atom. The highest BCUT2D eigenvalue weighted by atomic mass is 35.5. The average Bonchev–Trinajstić information content (AvgIpc) is 2.72. The fourth-order valence-electron chi connectivity index (χ4n) is 2.88. The molecule has 0 fully saturated rings. The summed E-state index contributed by atoms with van der Waals surface area (Å²) in [6.07, 6.45) is 0. The van der Waals surface area contributed by atoms with E-state index < -0.39 is 5.97 Å². The number of halogens is 2. The van der Waals surface area contributed by atoms with Crippen LogP contribution in [0.25, 0.3) is 0 Å². The lowest BCUT2D eigenvalue weighted by Gasteiger charge is -2.16. The Morgan fingerprint density at radius 3 is 2.60 bits per heavy atom. The van der Waals surface area contributed by atoms with E-state index in [1.165, 1.54) is 18.2 Å². The van der Waals surface area contributed by atoms with E-state index in [0.717, 1.165) is 5.56 Å². The predicted octanol–water partition coefficient (Wildman–Crippen LogP) is 5.77. The Labute approximate surface area is 179 Å². The topological polar surface area (TPSA) is 67.8 Å². The molecule has 0 atom stereocenters. The number of hydrogen-bond donors (Lipinski definition) is 2. The summed E-state index contributed by atoms with van der Waals surface area (Å²) in [5.41, 5.74) is 2.39. The van der Waals surface area contributed by atoms with Crippen LogP contribution in [0, 0.1) is 5.82 Å². The zero-order chi connectivity index (χ0) is 21.5. The Morgan fingerprint density at radius 2 is 1.87 bits per heavy atom. The molecule has 0 aromatic heterocycles. The molecular weight excluding hydrogens is 409 g/mol. The van der Waals surface area contributed by atoms with Crippen LogP contribution in [0.1, 0.15) is 28.4 Å². The molecule has 2 N–H and O–H groups in total. The molecule has 0 saturated carbocycles. The van der Waals surface area contributed by atoms with Gasteiger partial charge in [0.05, 0.1) is 17.2 Å². The molecule has 5 nitrogen and oxygen atoms in total. The highest BCUT2D eigenvalue weighted by molar-refractivity contribution is 6.32. The van der Waals surface area contributed by atoms with E-state index in [4.69, 9.17) is 26.2 Å². The Kier molecular flexibility index (Phi) is 7.14. The van der Waals surface area contributed by atoms with Crippen LogP contribution in [0.5, 0.6) is 11.5 Å². The van der Waals surface area contributed by atoms with Gasteiger partial charge in [0, 0.05) is 12.2 Å². The molecule has 0 unspecified atom stereocenters. The quantitative estimate of drug-likeness (QED) is 0.452. The molecular formula is C23H21ClFNO4. The number of aromatic carboxylic acids is 1. The number of ether oxygens (including phenoxy) is 2. The molecule has 0 aliphatic heterocycles. The summed E-state index contributed by atoms with van der Waals surface area (Å²) < 4.78 is 24.9. The normalized spacial score (nSPS) is 10.5. The van der Waals surface area contributed by atoms with Crippen LogP contribution in [0.3, 0.4) is 0 Å². The van der Waals surface area contributed by atoms with Crippen LogP contribution in [0.2, 0.25) is 5.02 Å². The fraction of sp³-hybridized carbons (Fsp3) is 0.174. The Bertz CT molecular complexity index is 1040. The number of carboxylic acid groups (broad SMARTS) is 1. The average molecular weight is 430 g/mol. The van der Waals surface area contributed by atoms with Crippen LogP contribution in [-0.2, 0) is 13.2 Å². The van der Waals surface area contributed by atoms with Crippen molar-refractivity contribution in [3.63, 3.8) is 0 Å². The molecule has 0 spiro atoms. The van der Waals surface area contributed by atoms with Gasteiger partial charge < -0.3 is 19.9 Å². The lowest BCUT2D eigenvalue weighted by molar-refractivity contribution is 0.0697. The molecule has 0 heterocycles. The third-order valence-electron chi connectivity index (χ3n) is 4.25. The minimum atomic E-state index is -0.986. The third kappa shape index (κ3) is 5.64. The minimum absolute atomic E-state index is 0.150. The first-order chi connectivity index (χ1) is 14.5. The van der Waals surface area contributed by atoms with Gasteiger partial charge in [-0.2, -0.15) is 0 Å². The van der Waals surface area contributed by atoms with Gasteiger partial charge in [0.2, 0.25) is 0 Å². The van der Waals surface area contributed by atoms with Crippen molar-refractivity contribution in [1.29, 1.82) is 0 Å². The first-order valence-electron chi connectivity index (χ1n) is 9.36. The predicted molar refractivity (Wildman–Crippen MR) is 114 cm³/mol.